The first-order chi connectivity index (χ1) is 11.8. The van der Waals surface area contributed by atoms with Crippen LogP contribution in [0.3, 0.4) is 0 Å². The number of nitrogens with one attached hydrogen (secondary N) is 2. The Bertz CT molecular complexity index is 628. The van der Waals surface area contributed by atoms with Crippen molar-refractivity contribution in [3.63, 3.8) is 0 Å². The number of hydrogen-bond acceptors (Lipinski definition) is 4. The maximum Gasteiger partial charge on any atom is 0.338 e. The zero-order chi connectivity index (χ0) is 16.6. The van der Waals surface area contributed by atoms with Crippen LogP contribution in [0.2, 0.25) is 0 Å². The molecule has 6 nitrogen and oxygen atoms in total. The van der Waals surface area contributed by atoms with E-state index in [4.69, 9.17) is 4.84 Å². The lowest BCUT2D eigenvalue weighted by molar-refractivity contribution is 0.0478. The summed E-state index contributed by atoms with van der Waals surface area (Å²) in [5.41, 5.74) is 3.46. The molecule has 1 aliphatic heterocycles. The molecule has 24 heavy (non-hydrogen) atoms. The Morgan fingerprint density at radius 2 is 1.88 bits per heavy atom. The molecule has 0 unspecified atom stereocenters. The van der Waals surface area contributed by atoms with Crippen molar-refractivity contribution in [1.29, 1.82) is 0 Å². The fraction of sp³-hybridized carbons (Fsp3) is 0.333. The van der Waals surface area contributed by atoms with Crippen molar-refractivity contribution >= 4 is 11.8 Å². The van der Waals surface area contributed by atoms with Crippen molar-refractivity contribution in [1.82, 2.24) is 15.8 Å². The van der Waals surface area contributed by atoms with Gasteiger partial charge >= 0.3 is 6.03 Å². The molecule has 1 fully saturated rings. The molecule has 3 rings (SSSR count). The number of rotatable bonds is 5. The normalized spacial score (nSPS) is 15.1. The van der Waals surface area contributed by atoms with Gasteiger partial charge in [-0.25, -0.2) is 15.3 Å². The van der Waals surface area contributed by atoms with E-state index in [1.807, 2.05) is 48.5 Å². The predicted molar refractivity (Wildman–Crippen MR) is 92.4 cm³/mol. The zero-order valence-corrected chi connectivity index (χ0v) is 13.5. The van der Waals surface area contributed by atoms with Crippen LogP contribution in [0.25, 0.3) is 0 Å². The van der Waals surface area contributed by atoms with Crippen LogP contribution in [-0.2, 0) is 11.4 Å². The van der Waals surface area contributed by atoms with Gasteiger partial charge in [0, 0.05) is 25.3 Å². The van der Waals surface area contributed by atoms with Gasteiger partial charge in [0.1, 0.15) is 5.82 Å². The number of amides is 2. The molecular weight excluding hydrogens is 304 g/mol. The predicted octanol–water partition coefficient (Wildman–Crippen LogP) is 2.48. The molecule has 2 aromatic rings. The zero-order valence-electron chi connectivity index (χ0n) is 13.5. The van der Waals surface area contributed by atoms with Crippen molar-refractivity contribution < 1.29 is 9.63 Å². The summed E-state index contributed by atoms with van der Waals surface area (Å²) in [5, 5.41) is 2.96. The summed E-state index contributed by atoms with van der Waals surface area (Å²) in [7, 11) is 0. The molecule has 2 amide bonds. The Kier molecular flexibility index (Phi) is 5.63. The highest BCUT2D eigenvalue weighted by Crippen LogP contribution is 2.17. The van der Waals surface area contributed by atoms with Gasteiger partial charge in [0.05, 0.1) is 6.61 Å². The molecule has 0 bridgehead atoms. The third-order valence-electron chi connectivity index (χ3n) is 4.05. The molecule has 1 aliphatic rings. The second-order valence-electron chi connectivity index (χ2n) is 5.80. The van der Waals surface area contributed by atoms with Gasteiger partial charge in [-0.15, -0.1) is 0 Å². The van der Waals surface area contributed by atoms with Gasteiger partial charge in [-0.2, -0.15) is 0 Å². The second-order valence-corrected chi connectivity index (χ2v) is 5.80. The second kappa shape index (κ2) is 8.31. The van der Waals surface area contributed by atoms with Crippen LogP contribution < -0.4 is 15.7 Å². The number of pyridine rings is 1. The van der Waals surface area contributed by atoms with Gasteiger partial charge in [0.15, 0.2) is 0 Å². The molecule has 0 atom stereocenters. The van der Waals surface area contributed by atoms with Crippen molar-refractivity contribution in [3.05, 3.63) is 60.3 Å². The maximum atomic E-state index is 11.9. The van der Waals surface area contributed by atoms with Gasteiger partial charge in [-0.1, -0.05) is 36.4 Å². The highest BCUT2D eigenvalue weighted by molar-refractivity contribution is 5.73. The summed E-state index contributed by atoms with van der Waals surface area (Å²) in [6.45, 7) is 2.12. The van der Waals surface area contributed by atoms with Crippen LogP contribution in [0.5, 0.6) is 0 Å². The van der Waals surface area contributed by atoms with Gasteiger partial charge in [0.2, 0.25) is 0 Å². The Labute approximate surface area is 141 Å². The van der Waals surface area contributed by atoms with E-state index in [0.29, 0.717) is 6.61 Å². The minimum absolute atomic E-state index is 0.158. The van der Waals surface area contributed by atoms with E-state index in [9.17, 15) is 4.79 Å². The molecule has 0 radical (unpaired) electrons. The smallest absolute Gasteiger partial charge is 0.338 e. The lowest BCUT2D eigenvalue weighted by Crippen LogP contribution is -2.48. The standard InChI is InChI=1S/C18H22N4O2/c23-18(21-24-14-15-6-2-1-3-7-15)20-16-9-12-22(13-10-16)17-8-4-5-11-19-17/h1-8,11,16H,9-10,12-14H2,(H2,20,21,23). The fourth-order valence-corrected chi connectivity index (χ4v) is 2.77. The van der Waals surface area contributed by atoms with E-state index in [0.717, 1.165) is 37.3 Å². The monoisotopic (exact) mass is 326 g/mol. The van der Waals surface area contributed by atoms with Crippen LogP contribution in [0.1, 0.15) is 18.4 Å². The Balaban J connectivity index is 1.36. The number of piperidine rings is 1. The van der Waals surface area contributed by atoms with Crippen LogP contribution in [0.15, 0.2) is 54.7 Å². The molecule has 126 valence electrons. The number of carbonyl (C=O) groups is 1. The van der Waals surface area contributed by atoms with Crippen molar-refractivity contribution in [3.8, 4) is 0 Å². The number of aromatic nitrogens is 1. The number of hydroxylamine groups is 1. The molecule has 6 heteroatoms. The van der Waals surface area contributed by atoms with Gasteiger partial charge in [-0.3, -0.25) is 4.84 Å². The molecule has 1 aromatic heterocycles. The number of carbonyl (C=O) groups excluding carboxylic acids is 1. The van der Waals surface area contributed by atoms with Crippen molar-refractivity contribution in [2.24, 2.45) is 0 Å². The third-order valence-corrected chi connectivity index (χ3v) is 4.05. The van der Waals surface area contributed by atoms with E-state index in [2.05, 4.69) is 20.7 Å². The lowest BCUT2D eigenvalue weighted by atomic mass is 10.1. The van der Waals surface area contributed by atoms with E-state index in [1.54, 1.807) is 6.20 Å². The average Bonchev–Trinajstić information content (AvgIpc) is 2.64. The topological polar surface area (TPSA) is 66.5 Å². The van der Waals surface area contributed by atoms with Crippen LogP contribution in [0, 0.1) is 0 Å². The van der Waals surface area contributed by atoms with E-state index < -0.39 is 0 Å². The summed E-state index contributed by atoms with van der Waals surface area (Å²) in [4.78, 5) is 23.7. The highest BCUT2D eigenvalue weighted by Gasteiger charge is 2.21. The van der Waals surface area contributed by atoms with Crippen molar-refractivity contribution in [2.45, 2.75) is 25.5 Å². The molecule has 0 aliphatic carbocycles. The van der Waals surface area contributed by atoms with E-state index >= 15 is 0 Å². The lowest BCUT2D eigenvalue weighted by Gasteiger charge is -2.33. The maximum absolute atomic E-state index is 11.9. The van der Waals surface area contributed by atoms with Crippen molar-refractivity contribution in [2.75, 3.05) is 18.0 Å². The van der Waals surface area contributed by atoms with E-state index in [-0.39, 0.29) is 12.1 Å². The Morgan fingerprint density at radius 1 is 1.12 bits per heavy atom. The highest BCUT2D eigenvalue weighted by atomic mass is 16.7. The number of nitrogens with zero attached hydrogens (tertiary/aromatic N) is 2. The molecule has 1 aromatic carbocycles. The summed E-state index contributed by atoms with van der Waals surface area (Å²) >= 11 is 0. The first-order valence-corrected chi connectivity index (χ1v) is 8.19. The fourth-order valence-electron chi connectivity index (χ4n) is 2.77. The number of hydrogen-bond donors (Lipinski definition) is 2. The first kappa shape index (κ1) is 16.3. The van der Waals surface area contributed by atoms with Crippen LogP contribution in [0.4, 0.5) is 10.6 Å². The Hall–Kier alpha value is -2.60. The van der Waals surface area contributed by atoms with E-state index in [1.165, 1.54) is 0 Å². The molecule has 2 N–H and O–H groups in total. The number of urea groups is 1. The van der Waals surface area contributed by atoms with Crippen LogP contribution >= 0.6 is 0 Å². The molecule has 1 saturated heterocycles. The Morgan fingerprint density at radius 3 is 2.58 bits per heavy atom. The molecule has 0 spiro atoms. The molecule has 0 saturated carbocycles. The van der Waals surface area contributed by atoms with Gasteiger partial charge < -0.3 is 10.2 Å². The third kappa shape index (κ3) is 4.70. The summed E-state index contributed by atoms with van der Waals surface area (Å²) in [6.07, 6.45) is 3.59. The molecule has 2 heterocycles. The summed E-state index contributed by atoms with van der Waals surface area (Å²) in [5.74, 6) is 0.992. The van der Waals surface area contributed by atoms with Crippen LogP contribution in [-0.4, -0.2) is 30.1 Å². The SMILES string of the molecule is O=C(NOCc1ccccc1)NC1CCN(c2ccccn2)CC1. The summed E-state index contributed by atoms with van der Waals surface area (Å²) in [6, 6.07) is 15.5. The minimum Gasteiger partial charge on any atom is -0.356 e. The average molecular weight is 326 g/mol. The minimum atomic E-state index is -0.290. The summed E-state index contributed by atoms with van der Waals surface area (Å²) < 4.78 is 0. The quantitative estimate of drug-likeness (QED) is 0.829. The number of benzene rings is 1. The number of anilines is 1. The largest absolute Gasteiger partial charge is 0.356 e. The van der Waals surface area contributed by atoms with Gasteiger partial charge in [0.25, 0.3) is 0 Å². The first-order valence-electron chi connectivity index (χ1n) is 8.19. The van der Waals surface area contributed by atoms with Gasteiger partial charge in [-0.05, 0) is 30.5 Å². The molecular formula is C18H22N4O2.